The van der Waals surface area contributed by atoms with Crippen molar-refractivity contribution < 1.29 is 9.90 Å². The van der Waals surface area contributed by atoms with E-state index in [1.54, 1.807) is 6.92 Å². The Bertz CT molecular complexity index is 175. The van der Waals surface area contributed by atoms with E-state index in [9.17, 15) is 4.79 Å². The molecule has 0 heterocycles. The number of nitrogens with two attached hydrogens (primary N) is 1. The standard InChI is InChI=1S/C8H15NO2/c1-5(7(10)11)6(9)8(2)3-4-8/h5-6H,3-4,9H2,1-2H3,(H,10,11). The van der Waals surface area contributed by atoms with E-state index in [1.165, 1.54) is 0 Å². The molecule has 2 atom stereocenters. The molecule has 0 aromatic heterocycles. The van der Waals surface area contributed by atoms with E-state index in [0.717, 1.165) is 12.8 Å². The molecule has 0 amide bonds. The molecule has 1 aliphatic rings. The third-order valence-corrected chi connectivity index (χ3v) is 2.77. The first kappa shape index (κ1) is 8.53. The van der Waals surface area contributed by atoms with Crippen LogP contribution in [-0.4, -0.2) is 17.1 Å². The van der Waals surface area contributed by atoms with Gasteiger partial charge in [0.15, 0.2) is 0 Å². The van der Waals surface area contributed by atoms with Crippen molar-refractivity contribution in [2.75, 3.05) is 0 Å². The third kappa shape index (κ3) is 1.53. The van der Waals surface area contributed by atoms with Crippen LogP contribution in [0, 0.1) is 11.3 Å². The molecule has 1 saturated carbocycles. The molecule has 0 radical (unpaired) electrons. The maximum absolute atomic E-state index is 10.5. The van der Waals surface area contributed by atoms with Crippen LogP contribution in [0.15, 0.2) is 0 Å². The first-order chi connectivity index (χ1) is 4.97. The summed E-state index contributed by atoms with van der Waals surface area (Å²) < 4.78 is 0. The van der Waals surface area contributed by atoms with Crippen molar-refractivity contribution in [3.63, 3.8) is 0 Å². The molecule has 3 nitrogen and oxygen atoms in total. The maximum Gasteiger partial charge on any atom is 0.307 e. The molecule has 64 valence electrons. The van der Waals surface area contributed by atoms with Crippen LogP contribution in [0.25, 0.3) is 0 Å². The van der Waals surface area contributed by atoms with Crippen molar-refractivity contribution in [2.24, 2.45) is 17.1 Å². The fraction of sp³-hybridized carbons (Fsp3) is 0.875. The Morgan fingerprint density at radius 1 is 1.64 bits per heavy atom. The Morgan fingerprint density at radius 2 is 2.09 bits per heavy atom. The predicted octanol–water partition coefficient (Wildman–Crippen LogP) is 0.834. The first-order valence-corrected chi connectivity index (χ1v) is 3.96. The molecule has 1 aliphatic carbocycles. The summed E-state index contributed by atoms with van der Waals surface area (Å²) in [5, 5.41) is 8.66. The number of rotatable bonds is 3. The Hall–Kier alpha value is -0.570. The smallest absolute Gasteiger partial charge is 0.307 e. The minimum atomic E-state index is -0.786. The number of hydrogen-bond acceptors (Lipinski definition) is 2. The van der Waals surface area contributed by atoms with Crippen LogP contribution in [0.1, 0.15) is 26.7 Å². The lowest BCUT2D eigenvalue weighted by atomic mass is 9.89. The number of carboxylic acid groups (broad SMARTS) is 1. The fourth-order valence-corrected chi connectivity index (χ4v) is 1.29. The second-order valence-electron chi connectivity index (χ2n) is 3.81. The molecule has 11 heavy (non-hydrogen) atoms. The Morgan fingerprint density at radius 3 is 2.36 bits per heavy atom. The molecule has 0 spiro atoms. The fourth-order valence-electron chi connectivity index (χ4n) is 1.29. The van der Waals surface area contributed by atoms with Crippen LogP contribution in [0.5, 0.6) is 0 Å². The Labute approximate surface area is 66.6 Å². The number of carboxylic acids is 1. The molecule has 3 heteroatoms. The lowest BCUT2D eigenvalue weighted by molar-refractivity contribution is -0.142. The second kappa shape index (κ2) is 2.48. The van der Waals surface area contributed by atoms with Gasteiger partial charge in [0, 0.05) is 6.04 Å². The molecule has 0 aromatic rings. The maximum atomic E-state index is 10.5. The van der Waals surface area contributed by atoms with E-state index in [1.807, 2.05) is 0 Å². The first-order valence-electron chi connectivity index (χ1n) is 3.96. The lowest BCUT2D eigenvalue weighted by Gasteiger charge is -2.22. The van der Waals surface area contributed by atoms with Gasteiger partial charge in [0.25, 0.3) is 0 Å². The van der Waals surface area contributed by atoms with Crippen molar-refractivity contribution in [1.29, 1.82) is 0 Å². The van der Waals surface area contributed by atoms with E-state index in [0.29, 0.717) is 0 Å². The van der Waals surface area contributed by atoms with Gasteiger partial charge in [-0.2, -0.15) is 0 Å². The van der Waals surface area contributed by atoms with Gasteiger partial charge in [0.1, 0.15) is 0 Å². The van der Waals surface area contributed by atoms with Gasteiger partial charge in [-0.3, -0.25) is 4.79 Å². The van der Waals surface area contributed by atoms with Crippen LogP contribution in [0.4, 0.5) is 0 Å². The zero-order chi connectivity index (χ0) is 8.65. The molecule has 0 aromatic carbocycles. The van der Waals surface area contributed by atoms with Gasteiger partial charge in [-0.1, -0.05) is 13.8 Å². The van der Waals surface area contributed by atoms with Crippen LogP contribution in [0.3, 0.4) is 0 Å². The molecule has 1 rings (SSSR count). The lowest BCUT2D eigenvalue weighted by Crippen LogP contribution is -2.40. The predicted molar refractivity (Wildman–Crippen MR) is 42.1 cm³/mol. The zero-order valence-electron chi connectivity index (χ0n) is 7.00. The molecule has 2 unspecified atom stereocenters. The Kier molecular flexibility index (Phi) is 1.92. The minimum Gasteiger partial charge on any atom is -0.481 e. The van der Waals surface area contributed by atoms with Crippen molar-refractivity contribution in [1.82, 2.24) is 0 Å². The summed E-state index contributed by atoms with van der Waals surface area (Å²) >= 11 is 0. The van der Waals surface area contributed by atoms with Crippen molar-refractivity contribution in [3.05, 3.63) is 0 Å². The zero-order valence-corrected chi connectivity index (χ0v) is 7.00. The monoisotopic (exact) mass is 157 g/mol. The van der Waals surface area contributed by atoms with Crippen LogP contribution in [0.2, 0.25) is 0 Å². The van der Waals surface area contributed by atoms with Crippen molar-refractivity contribution in [3.8, 4) is 0 Å². The highest BCUT2D eigenvalue weighted by atomic mass is 16.4. The van der Waals surface area contributed by atoms with E-state index >= 15 is 0 Å². The summed E-state index contributed by atoms with van der Waals surface area (Å²) in [4.78, 5) is 10.5. The highest BCUT2D eigenvalue weighted by Crippen LogP contribution is 2.49. The Balaban J connectivity index is 2.53. The second-order valence-corrected chi connectivity index (χ2v) is 3.81. The van der Waals surface area contributed by atoms with Crippen molar-refractivity contribution in [2.45, 2.75) is 32.7 Å². The molecule has 1 fully saturated rings. The molecular formula is C8H15NO2. The summed E-state index contributed by atoms with van der Waals surface area (Å²) in [7, 11) is 0. The van der Waals surface area contributed by atoms with Gasteiger partial charge in [-0.15, -0.1) is 0 Å². The average molecular weight is 157 g/mol. The normalized spacial score (nSPS) is 25.7. The number of aliphatic carboxylic acids is 1. The highest BCUT2D eigenvalue weighted by Gasteiger charge is 2.46. The molecule has 3 N–H and O–H groups in total. The van der Waals surface area contributed by atoms with Gasteiger partial charge in [-0.05, 0) is 18.3 Å². The van der Waals surface area contributed by atoms with Gasteiger partial charge < -0.3 is 10.8 Å². The molecule has 0 bridgehead atoms. The van der Waals surface area contributed by atoms with E-state index in [2.05, 4.69) is 6.92 Å². The third-order valence-electron chi connectivity index (χ3n) is 2.77. The van der Waals surface area contributed by atoms with Crippen molar-refractivity contribution >= 4 is 5.97 Å². The minimum absolute atomic E-state index is 0.109. The quantitative estimate of drug-likeness (QED) is 0.638. The largest absolute Gasteiger partial charge is 0.481 e. The summed E-state index contributed by atoms with van der Waals surface area (Å²) in [5.74, 6) is -1.20. The summed E-state index contributed by atoms with van der Waals surface area (Å²) in [6.45, 7) is 3.73. The number of carbonyl (C=O) groups is 1. The number of hydrogen-bond donors (Lipinski definition) is 2. The summed E-state index contributed by atoms with van der Waals surface area (Å²) in [5.41, 5.74) is 5.89. The van der Waals surface area contributed by atoms with Crippen LogP contribution >= 0.6 is 0 Å². The summed E-state index contributed by atoms with van der Waals surface area (Å²) in [6, 6.07) is -0.181. The van der Waals surface area contributed by atoms with Crippen LogP contribution < -0.4 is 5.73 Å². The van der Waals surface area contributed by atoms with E-state index in [-0.39, 0.29) is 11.5 Å². The van der Waals surface area contributed by atoms with Gasteiger partial charge in [-0.25, -0.2) is 0 Å². The average Bonchev–Trinajstić information content (AvgIpc) is 2.66. The summed E-state index contributed by atoms with van der Waals surface area (Å²) in [6.07, 6.45) is 2.15. The molecular weight excluding hydrogens is 142 g/mol. The van der Waals surface area contributed by atoms with E-state index < -0.39 is 11.9 Å². The molecule has 0 aliphatic heterocycles. The van der Waals surface area contributed by atoms with Gasteiger partial charge in [0.2, 0.25) is 0 Å². The van der Waals surface area contributed by atoms with Gasteiger partial charge in [0.05, 0.1) is 5.92 Å². The van der Waals surface area contributed by atoms with Crippen LogP contribution in [-0.2, 0) is 4.79 Å². The van der Waals surface area contributed by atoms with Gasteiger partial charge >= 0.3 is 5.97 Å². The molecule has 0 saturated heterocycles. The van der Waals surface area contributed by atoms with E-state index in [4.69, 9.17) is 10.8 Å². The SMILES string of the molecule is CC(C(=O)O)C(N)C1(C)CC1. The topological polar surface area (TPSA) is 63.3 Å². The highest BCUT2D eigenvalue weighted by molar-refractivity contribution is 5.70.